The summed E-state index contributed by atoms with van der Waals surface area (Å²) in [6.45, 7) is 0.994. The standard InChI is InChI=1S/C22H25N3OS/c1-24(19-12-7-9-16-8-3-4-10-17(16)19)15-22(26)25(2)14-21-23-18-11-5-6-13-20(18)27-21/h3-6,8,10-11,13,19H,7,9,12,14-15H2,1-2H3/t19-/m0/s1. The van der Waals surface area contributed by atoms with E-state index in [4.69, 9.17) is 0 Å². The lowest BCUT2D eigenvalue weighted by atomic mass is 9.87. The Hall–Kier alpha value is -2.24. The third-order valence-electron chi connectivity index (χ3n) is 5.39. The predicted octanol–water partition coefficient (Wildman–Crippen LogP) is 4.26. The fourth-order valence-corrected chi connectivity index (χ4v) is 4.93. The zero-order valence-electron chi connectivity index (χ0n) is 15.9. The number of hydrogen-bond acceptors (Lipinski definition) is 4. The molecule has 0 fully saturated rings. The lowest BCUT2D eigenvalue weighted by Crippen LogP contribution is -2.38. The molecule has 0 spiro atoms. The number of rotatable bonds is 5. The molecule has 1 aliphatic rings. The monoisotopic (exact) mass is 379 g/mol. The van der Waals surface area contributed by atoms with Gasteiger partial charge in [-0.3, -0.25) is 9.69 Å². The first-order chi connectivity index (χ1) is 13.1. The van der Waals surface area contributed by atoms with Crippen LogP contribution >= 0.6 is 11.3 Å². The van der Waals surface area contributed by atoms with Crippen LogP contribution < -0.4 is 0 Å². The smallest absolute Gasteiger partial charge is 0.236 e. The van der Waals surface area contributed by atoms with E-state index in [2.05, 4.69) is 47.3 Å². The third kappa shape index (κ3) is 3.89. The number of thiazole rings is 1. The fraction of sp³-hybridized carbons (Fsp3) is 0.364. The summed E-state index contributed by atoms with van der Waals surface area (Å²) >= 11 is 1.66. The van der Waals surface area contributed by atoms with Gasteiger partial charge in [0.15, 0.2) is 0 Å². The molecule has 2 aromatic carbocycles. The number of aromatic nitrogens is 1. The molecule has 0 aliphatic heterocycles. The highest BCUT2D eigenvalue weighted by Gasteiger charge is 2.25. The molecule has 1 atom stereocenters. The van der Waals surface area contributed by atoms with Gasteiger partial charge in [0.2, 0.25) is 5.91 Å². The molecule has 140 valence electrons. The minimum absolute atomic E-state index is 0.139. The zero-order valence-corrected chi connectivity index (χ0v) is 16.7. The van der Waals surface area contributed by atoms with Gasteiger partial charge in [-0.05, 0) is 49.6 Å². The Morgan fingerprint density at radius 1 is 1.15 bits per heavy atom. The van der Waals surface area contributed by atoms with Crippen LogP contribution in [0.2, 0.25) is 0 Å². The van der Waals surface area contributed by atoms with Gasteiger partial charge in [-0.2, -0.15) is 0 Å². The first-order valence-electron chi connectivity index (χ1n) is 9.48. The molecule has 27 heavy (non-hydrogen) atoms. The van der Waals surface area contributed by atoms with Crippen LogP contribution in [0.5, 0.6) is 0 Å². The van der Waals surface area contributed by atoms with E-state index in [1.807, 2.05) is 25.2 Å². The van der Waals surface area contributed by atoms with Crippen LogP contribution in [0, 0.1) is 0 Å². The lowest BCUT2D eigenvalue weighted by molar-refractivity contribution is -0.131. The topological polar surface area (TPSA) is 36.4 Å². The van der Waals surface area contributed by atoms with Gasteiger partial charge in [0.05, 0.1) is 23.3 Å². The van der Waals surface area contributed by atoms with Gasteiger partial charge in [0, 0.05) is 13.1 Å². The van der Waals surface area contributed by atoms with Crippen LogP contribution in [0.3, 0.4) is 0 Å². The van der Waals surface area contributed by atoms with E-state index < -0.39 is 0 Å². The van der Waals surface area contributed by atoms with E-state index in [1.54, 1.807) is 16.2 Å². The van der Waals surface area contributed by atoms with Crippen molar-refractivity contribution in [3.05, 3.63) is 64.7 Å². The number of aryl methyl sites for hydroxylation is 1. The summed E-state index contributed by atoms with van der Waals surface area (Å²) in [5, 5.41) is 0.984. The maximum absolute atomic E-state index is 12.8. The molecular weight excluding hydrogens is 354 g/mol. The van der Waals surface area contributed by atoms with Crippen LogP contribution in [-0.2, 0) is 17.8 Å². The highest BCUT2D eigenvalue weighted by molar-refractivity contribution is 7.18. The molecule has 0 saturated carbocycles. The molecule has 0 bridgehead atoms. The van der Waals surface area contributed by atoms with Crippen molar-refractivity contribution in [2.45, 2.75) is 31.8 Å². The van der Waals surface area contributed by atoms with Gasteiger partial charge < -0.3 is 4.90 Å². The number of benzene rings is 2. The van der Waals surface area contributed by atoms with Crippen molar-refractivity contribution >= 4 is 27.5 Å². The molecule has 1 amide bonds. The van der Waals surface area contributed by atoms with Gasteiger partial charge in [-0.1, -0.05) is 36.4 Å². The van der Waals surface area contributed by atoms with Gasteiger partial charge in [0.25, 0.3) is 0 Å². The van der Waals surface area contributed by atoms with E-state index in [0.717, 1.165) is 23.4 Å². The molecule has 0 saturated heterocycles. The number of carbonyl (C=O) groups excluding carboxylic acids is 1. The number of amides is 1. The molecule has 3 aromatic rings. The molecule has 0 radical (unpaired) electrons. The van der Waals surface area contributed by atoms with Gasteiger partial charge >= 0.3 is 0 Å². The molecule has 1 aromatic heterocycles. The van der Waals surface area contributed by atoms with Crippen molar-refractivity contribution in [3.8, 4) is 0 Å². The summed E-state index contributed by atoms with van der Waals surface area (Å²) in [6, 6.07) is 17.1. The van der Waals surface area contributed by atoms with Crippen molar-refractivity contribution in [3.63, 3.8) is 0 Å². The molecular formula is C22H25N3OS. The first-order valence-corrected chi connectivity index (χ1v) is 10.3. The average Bonchev–Trinajstić information content (AvgIpc) is 3.09. The van der Waals surface area contributed by atoms with Crippen molar-refractivity contribution in [1.29, 1.82) is 0 Å². The Labute approximate surface area is 164 Å². The van der Waals surface area contributed by atoms with Crippen LogP contribution in [0.4, 0.5) is 0 Å². The molecule has 0 N–H and O–H groups in total. The van der Waals surface area contributed by atoms with E-state index in [0.29, 0.717) is 19.1 Å². The number of nitrogens with zero attached hydrogens (tertiary/aromatic N) is 3. The second-order valence-electron chi connectivity index (χ2n) is 7.35. The maximum Gasteiger partial charge on any atom is 0.236 e. The SMILES string of the molecule is CN(Cc1nc2ccccc2s1)C(=O)CN(C)[C@H]1CCCc2ccccc21. The van der Waals surface area contributed by atoms with Crippen molar-refractivity contribution in [2.75, 3.05) is 20.6 Å². The highest BCUT2D eigenvalue weighted by atomic mass is 32.1. The van der Waals surface area contributed by atoms with Gasteiger partial charge in [-0.25, -0.2) is 4.98 Å². The quantitative estimate of drug-likeness (QED) is 0.664. The highest BCUT2D eigenvalue weighted by Crippen LogP contribution is 2.33. The summed E-state index contributed by atoms with van der Waals surface area (Å²) in [4.78, 5) is 21.4. The van der Waals surface area contributed by atoms with Crippen LogP contribution in [0.1, 0.15) is 35.0 Å². The average molecular weight is 380 g/mol. The molecule has 5 heteroatoms. The maximum atomic E-state index is 12.8. The Morgan fingerprint density at radius 2 is 1.93 bits per heavy atom. The Morgan fingerprint density at radius 3 is 2.78 bits per heavy atom. The Bertz CT molecular complexity index is 918. The second kappa shape index (κ2) is 7.79. The summed E-state index contributed by atoms with van der Waals surface area (Å²) in [5.41, 5.74) is 3.82. The first kappa shape index (κ1) is 18.1. The largest absolute Gasteiger partial charge is 0.338 e. The molecule has 4 nitrogen and oxygen atoms in total. The second-order valence-corrected chi connectivity index (χ2v) is 8.46. The normalized spacial score (nSPS) is 16.5. The van der Waals surface area contributed by atoms with Gasteiger partial charge in [-0.15, -0.1) is 11.3 Å². The van der Waals surface area contributed by atoms with E-state index in [1.165, 1.54) is 22.2 Å². The number of fused-ring (bicyclic) bond motifs is 2. The molecule has 4 rings (SSSR count). The predicted molar refractivity (Wildman–Crippen MR) is 111 cm³/mol. The Balaban J connectivity index is 1.41. The third-order valence-corrected chi connectivity index (χ3v) is 6.41. The Kier molecular flexibility index (Phi) is 5.23. The van der Waals surface area contributed by atoms with Crippen molar-refractivity contribution in [1.82, 2.24) is 14.8 Å². The molecule has 0 unspecified atom stereocenters. The number of para-hydroxylation sites is 1. The van der Waals surface area contributed by atoms with Crippen LogP contribution in [0.25, 0.3) is 10.2 Å². The summed E-state index contributed by atoms with van der Waals surface area (Å²) in [6.07, 6.45) is 3.44. The molecule has 1 aliphatic carbocycles. The van der Waals surface area contributed by atoms with Crippen molar-refractivity contribution in [2.24, 2.45) is 0 Å². The van der Waals surface area contributed by atoms with E-state index in [-0.39, 0.29) is 5.91 Å². The van der Waals surface area contributed by atoms with E-state index >= 15 is 0 Å². The van der Waals surface area contributed by atoms with Gasteiger partial charge in [0.1, 0.15) is 5.01 Å². The summed E-state index contributed by atoms with van der Waals surface area (Å²) < 4.78 is 1.17. The summed E-state index contributed by atoms with van der Waals surface area (Å²) in [7, 11) is 3.94. The fourth-order valence-electron chi connectivity index (χ4n) is 3.91. The number of hydrogen-bond donors (Lipinski definition) is 0. The van der Waals surface area contributed by atoms with Crippen LogP contribution in [0.15, 0.2) is 48.5 Å². The minimum atomic E-state index is 0.139. The zero-order chi connectivity index (χ0) is 18.8. The van der Waals surface area contributed by atoms with E-state index in [9.17, 15) is 4.79 Å². The molecule has 1 heterocycles. The lowest BCUT2D eigenvalue weighted by Gasteiger charge is -2.33. The number of likely N-dealkylation sites (N-methyl/N-ethyl adjacent to an activating group) is 2. The van der Waals surface area contributed by atoms with Crippen LogP contribution in [-0.4, -0.2) is 41.3 Å². The number of carbonyl (C=O) groups is 1. The van der Waals surface area contributed by atoms with Crippen molar-refractivity contribution < 1.29 is 4.79 Å². The minimum Gasteiger partial charge on any atom is -0.338 e. The summed E-state index contributed by atoms with van der Waals surface area (Å²) in [5.74, 6) is 0.139.